The van der Waals surface area contributed by atoms with Gasteiger partial charge in [-0.3, -0.25) is 0 Å². The maximum Gasteiger partial charge on any atom is 0.328 e. The van der Waals surface area contributed by atoms with Gasteiger partial charge >= 0.3 is 5.97 Å². The molecule has 0 radical (unpaired) electrons. The molecule has 0 bridgehead atoms. The maximum atomic E-state index is 10.8. The Morgan fingerprint density at radius 1 is 1.00 bits per heavy atom. The average Bonchev–Trinajstić information content (AvgIpc) is 2.99. The SMILES string of the molecule is CCCCCC1(/C=C/C=C/C(C)=C\C(=O)O)CC2=C(C1)C(C)(C)CCC2(C)C. The lowest BCUT2D eigenvalue weighted by molar-refractivity contribution is -0.131. The number of carbonyl (C=O) groups is 1. The predicted molar refractivity (Wildman–Crippen MR) is 119 cm³/mol. The molecule has 156 valence electrons. The molecule has 0 fully saturated rings. The fourth-order valence-electron chi connectivity index (χ4n) is 5.02. The monoisotopic (exact) mass is 384 g/mol. The van der Waals surface area contributed by atoms with E-state index in [1.54, 1.807) is 11.1 Å². The highest BCUT2D eigenvalue weighted by Gasteiger charge is 2.48. The molecule has 0 aromatic carbocycles. The first-order valence-electron chi connectivity index (χ1n) is 11.0. The molecule has 2 nitrogen and oxygen atoms in total. The summed E-state index contributed by atoms with van der Waals surface area (Å²) in [5.74, 6) is -0.890. The van der Waals surface area contributed by atoms with Crippen LogP contribution in [-0.2, 0) is 4.79 Å². The van der Waals surface area contributed by atoms with Crippen molar-refractivity contribution >= 4 is 5.97 Å². The van der Waals surface area contributed by atoms with Crippen LogP contribution in [0.5, 0.6) is 0 Å². The van der Waals surface area contributed by atoms with Crippen LogP contribution in [-0.4, -0.2) is 11.1 Å². The van der Waals surface area contributed by atoms with Gasteiger partial charge in [0.05, 0.1) is 0 Å². The summed E-state index contributed by atoms with van der Waals surface area (Å²) in [5, 5.41) is 8.86. The number of unbranched alkanes of at least 4 members (excludes halogenated alkanes) is 2. The average molecular weight is 385 g/mol. The zero-order chi connectivity index (χ0) is 21.0. The number of hydrogen-bond acceptors (Lipinski definition) is 1. The second-order valence-corrected chi connectivity index (χ2v) is 10.3. The van der Waals surface area contributed by atoms with E-state index >= 15 is 0 Å². The lowest BCUT2D eigenvalue weighted by Crippen LogP contribution is -2.28. The van der Waals surface area contributed by atoms with E-state index in [2.05, 4.69) is 46.8 Å². The Balaban J connectivity index is 2.25. The lowest BCUT2D eigenvalue weighted by atomic mass is 9.64. The van der Waals surface area contributed by atoms with Crippen LogP contribution in [0, 0.1) is 16.2 Å². The summed E-state index contributed by atoms with van der Waals surface area (Å²) in [7, 11) is 0. The fraction of sp³-hybridized carbons (Fsp3) is 0.654. The van der Waals surface area contributed by atoms with E-state index in [0.717, 1.165) is 5.57 Å². The molecule has 2 rings (SSSR count). The Bertz CT molecular complexity index is 670. The Morgan fingerprint density at radius 2 is 1.57 bits per heavy atom. The first-order chi connectivity index (χ1) is 13.0. The van der Waals surface area contributed by atoms with Crippen LogP contribution in [0.1, 0.15) is 92.9 Å². The molecule has 0 atom stereocenters. The molecule has 2 aliphatic rings. The number of aliphatic carboxylic acids is 1. The number of rotatable bonds is 8. The second-order valence-electron chi connectivity index (χ2n) is 10.3. The highest BCUT2D eigenvalue weighted by molar-refractivity contribution is 5.81. The molecule has 0 amide bonds. The Morgan fingerprint density at radius 3 is 2.07 bits per heavy atom. The van der Waals surface area contributed by atoms with Crippen LogP contribution < -0.4 is 0 Å². The van der Waals surface area contributed by atoms with E-state index in [9.17, 15) is 4.79 Å². The van der Waals surface area contributed by atoms with E-state index in [1.165, 1.54) is 57.4 Å². The molecule has 0 spiro atoms. The van der Waals surface area contributed by atoms with E-state index in [0.29, 0.717) is 10.8 Å². The van der Waals surface area contributed by atoms with Crippen molar-refractivity contribution in [3.05, 3.63) is 47.1 Å². The van der Waals surface area contributed by atoms with Crippen LogP contribution >= 0.6 is 0 Å². The van der Waals surface area contributed by atoms with Gasteiger partial charge in [0.15, 0.2) is 0 Å². The summed E-state index contributed by atoms with van der Waals surface area (Å²) in [6.45, 7) is 13.8. The Hall–Kier alpha value is -1.57. The number of allylic oxidation sites excluding steroid dienone is 7. The minimum Gasteiger partial charge on any atom is -0.478 e. The minimum absolute atomic E-state index is 0.230. The normalized spacial score (nSPS) is 23.6. The maximum absolute atomic E-state index is 10.8. The van der Waals surface area contributed by atoms with Crippen LogP contribution in [0.25, 0.3) is 0 Å². The van der Waals surface area contributed by atoms with Gasteiger partial charge in [-0.25, -0.2) is 4.79 Å². The standard InChI is InChI=1S/C26H40O2/c1-7-8-10-13-26(14-11-9-12-20(2)17-23(27)28)18-21-22(19-26)25(5,6)16-15-24(21,3)4/h9,11-12,14,17H,7-8,10,13,15-16,18-19H2,1-6H3,(H,27,28)/b12-9+,14-11+,20-17-. The Labute approximate surface area is 172 Å². The Kier molecular flexibility index (Phi) is 7.17. The van der Waals surface area contributed by atoms with Crippen LogP contribution in [0.4, 0.5) is 0 Å². The van der Waals surface area contributed by atoms with Gasteiger partial charge in [0.2, 0.25) is 0 Å². The van der Waals surface area contributed by atoms with E-state index < -0.39 is 5.97 Å². The third-order valence-electron chi connectivity index (χ3n) is 6.98. The topological polar surface area (TPSA) is 37.3 Å². The van der Waals surface area contributed by atoms with Gasteiger partial charge in [-0.2, -0.15) is 0 Å². The molecule has 0 unspecified atom stereocenters. The zero-order valence-electron chi connectivity index (χ0n) is 18.9. The molecule has 2 heteroatoms. The van der Waals surface area contributed by atoms with Gasteiger partial charge in [-0.15, -0.1) is 0 Å². The van der Waals surface area contributed by atoms with Crippen LogP contribution in [0.2, 0.25) is 0 Å². The van der Waals surface area contributed by atoms with Crippen molar-refractivity contribution in [3.63, 3.8) is 0 Å². The first kappa shape index (κ1) is 22.7. The van der Waals surface area contributed by atoms with Crippen molar-refractivity contribution in [3.8, 4) is 0 Å². The lowest BCUT2D eigenvalue weighted by Gasteiger charge is -2.41. The van der Waals surface area contributed by atoms with Gasteiger partial charge in [0, 0.05) is 6.08 Å². The molecular formula is C26H40O2. The summed E-state index contributed by atoms with van der Waals surface area (Å²) in [4.78, 5) is 10.8. The third kappa shape index (κ3) is 5.49. The van der Waals surface area contributed by atoms with Gasteiger partial charge in [0.25, 0.3) is 0 Å². The summed E-state index contributed by atoms with van der Waals surface area (Å²) < 4.78 is 0. The smallest absolute Gasteiger partial charge is 0.328 e. The molecule has 1 N–H and O–H groups in total. The van der Waals surface area contributed by atoms with Gasteiger partial charge in [-0.1, -0.05) is 89.3 Å². The summed E-state index contributed by atoms with van der Waals surface area (Å²) in [6.07, 6.45) is 19.8. The third-order valence-corrected chi connectivity index (χ3v) is 6.98. The first-order valence-corrected chi connectivity index (χ1v) is 11.0. The van der Waals surface area contributed by atoms with Crippen molar-refractivity contribution in [2.45, 2.75) is 92.9 Å². The quantitative estimate of drug-likeness (QED) is 0.202. The molecule has 0 saturated carbocycles. The summed E-state index contributed by atoms with van der Waals surface area (Å²) in [6, 6.07) is 0. The van der Waals surface area contributed by atoms with Gasteiger partial charge < -0.3 is 5.11 Å². The highest BCUT2D eigenvalue weighted by atomic mass is 16.4. The number of carboxylic acid groups (broad SMARTS) is 1. The van der Waals surface area contributed by atoms with Crippen LogP contribution in [0.3, 0.4) is 0 Å². The van der Waals surface area contributed by atoms with Gasteiger partial charge in [-0.05, 0) is 60.8 Å². The van der Waals surface area contributed by atoms with E-state index in [-0.39, 0.29) is 5.41 Å². The molecule has 2 aliphatic carbocycles. The molecule has 0 aromatic heterocycles. The predicted octanol–water partition coefficient (Wildman–Crippen LogP) is 7.63. The molecule has 0 aromatic rings. The largest absolute Gasteiger partial charge is 0.478 e. The molecule has 0 heterocycles. The molecule has 0 aliphatic heterocycles. The molecule has 0 saturated heterocycles. The van der Waals surface area contributed by atoms with E-state index in [4.69, 9.17) is 5.11 Å². The van der Waals surface area contributed by atoms with Gasteiger partial charge in [0.1, 0.15) is 0 Å². The van der Waals surface area contributed by atoms with E-state index in [1.807, 2.05) is 19.1 Å². The molecule has 28 heavy (non-hydrogen) atoms. The minimum atomic E-state index is -0.890. The van der Waals surface area contributed by atoms with Crippen molar-refractivity contribution in [2.75, 3.05) is 0 Å². The number of hydrogen-bond donors (Lipinski definition) is 1. The van der Waals surface area contributed by atoms with Crippen molar-refractivity contribution in [1.29, 1.82) is 0 Å². The summed E-state index contributed by atoms with van der Waals surface area (Å²) >= 11 is 0. The second kappa shape index (κ2) is 8.84. The molecular weight excluding hydrogens is 344 g/mol. The van der Waals surface area contributed by atoms with Crippen molar-refractivity contribution in [2.24, 2.45) is 16.2 Å². The number of carboxylic acids is 1. The highest BCUT2D eigenvalue weighted by Crippen LogP contribution is 2.61. The zero-order valence-corrected chi connectivity index (χ0v) is 18.9. The van der Waals surface area contributed by atoms with Crippen LogP contribution in [0.15, 0.2) is 47.1 Å². The summed E-state index contributed by atoms with van der Waals surface area (Å²) in [5.41, 5.74) is 5.08. The fourth-order valence-corrected chi connectivity index (χ4v) is 5.02. The van der Waals surface area contributed by atoms with Crippen molar-refractivity contribution in [1.82, 2.24) is 0 Å². The van der Waals surface area contributed by atoms with Crippen molar-refractivity contribution < 1.29 is 9.90 Å².